The fourth-order valence-electron chi connectivity index (χ4n) is 2.15. The summed E-state index contributed by atoms with van der Waals surface area (Å²) in [5.74, 6) is -2.73. The van der Waals surface area contributed by atoms with Crippen LogP contribution in [0.15, 0.2) is 30.1 Å². The van der Waals surface area contributed by atoms with Crippen molar-refractivity contribution in [2.24, 2.45) is 17.2 Å². The minimum atomic E-state index is -1.15. The molecule has 6 nitrogen and oxygen atoms in total. The molecular formula is C15H18F2N4O2. The number of rotatable bonds is 3. The van der Waals surface area contributed by atoms with Gasteiger partial charge < -0.3 is 26.8 Å². The Morgan fingerprint density at radius 2 is 1.78 bits per heavy atom. The number of morpholine rings is 1. The average Bonchev–Trinajstić information content (AvgIpc) is 2.55. The van der Waals surface area contributed by atoms with Gasteiger partial charge >= 0.3 is 0 Å². The molecule has 0 aromatic heterocycles. The number of nitrogens with zero attached hydrogens (tertiary/aromatic N) is 1. The van der Waals surface area contributed by atoms with E-state index in [2.05, 4.69) is 0 Å². The molecule has 23 heavy (non-hydrogen) atoms. The highest BCUT2D eigenvalue weighted by atomic mass is 19.2. The van der Waals surface area contributed by atoms with Crippen molar-refractivity contribution in [3.63, 3.8) is 0 Å². The van der Waals surface area contributed by atoms with Crippen LogP contribution in [0.3, 0.4) is 0 Å². The van der Waals surface area contributed by atoms with E-state index in [9.17, 15) is 13.6 Å². The summed E-state index contributed by atoms with van der Waals surface area (Å²) < 4.78 is 32.9. The summed E-state index contributed by atoms with van der Waals surface area (Å²) in [5, 5.41) is 0. The molecule has 8 heteroatoms. The van der Waals surface area contributed by atoms with Crippen LogP contribution in [0, 0.1) is 11.6 Å². The Kier molecular flexibility index (Phi) is 5.17. The number of amides is 1. The maximum Gasteiger partial charge on any atom is 0.254 e. The van der Waals surface area contributed by atoms with Crippen LogP contribution in [0.25, 0.3) is 5.70 Å². The van der Waals surface area contributed by atoms with Gasteiger partial charge in [-0.3, -0.25) is 4.79 Å². The number of nitrogens with two attached hydrogens (primary N) is 3. The maximum atomic E-state index is 13.9. The van der Waals surface area contributed by atoms with Gasteiger partial charge in [0.1, 0.15) is 0 Å². The molecule has 0 bridgehead atoms. The van der Waals surface area contributed by atoms with Crippen LogP contribution in [0.2, 0.25) is 0 Å². The zero-order valence-corrected chi connectivity index (χ0v) is 12.4. The molecular weight excluding hydrogens is 306 g/mol. The molecule has 0 aliphatic carbocycles. The number of hydrogen-bond acceptors (Lipinski definition) is 5. The van der Waals surface area contributed by atoms with E-state index >= 15 is 0 Å². The van der Waals surface area contributed by atoms with Crippen LogP contribution in [-0.4, -0.2) is 37.1 Å². The number of carbonyl (C=O) groups excluding carboxylic acids is 1. The summed E-state index contributed by atoms with van der Waals surface area (Å²) in [6.07, 6.45) is 2.50. The van der Waals surface area contributed by atoms with E-state index < -0.39 is 17.5 Å². The van der Waals surface area contributed by atoms with E-state index in [0.717, 1.165) is 6.07 Å². The lowest BCUT2D eigenvalue weighted by Crippen LogP contribution is -2.40. The molecule has 1 aromatic carbocycles. The molecule has 2 rings (SSSR count). The SMILES string of the molecule is NC(N)=C/C=C(\N)c1cc(C(=O)N2CCOCC2)cc(F)c1F. The molecule has 6 N–H and O–H groups in total. The Hall–Kier alpha value is -2.61. The van der Waals surface area contributed by atoms with Crippen molar-refractivity contribution in [3.05, 3.63) is 52.9 Å². The molecule has 1 amide bonds. The summed E-state index contributed by atoms with van der Waals surface area (Å²) >= 11 is 0. The minimum absolute atomic E-state index is 0.0156. The Morgan fingerprint density at radius 3 is 2.39 bits per heavy atom. The molecule has 0 unspecified atom stereocenters. The molecule has 1 heterocycles. The van der Waals surface area contributed by atoms with Gasteiger partial charge in [-0.2, -0.15) is 0 Å². The lowest BCUT2D eigenvalue weighted by Gasteiger charge is -2.27. The first-order valence-electron chi connectivity index (χ1n) is 6.95. The largest absolute Gasteiger partial charge is 0.398 e. The van der Waals surface area contributed by atoms with E-state index in [1.165, 1.54) is 23.1 Å². The Bertz CT molecular complexity index is 664. The van der Waals surface area contributed by atoms with E-state index in [4.69, 9.17) is 21.9 Å². The molecule has 1 saturated heterocycles. The molecule has 0 radical (unpaired) electrons. The molecule has 1 fully saturated rings. The Morgan fingerprint density at radius 1 is 1.13 bits per heavy atom. The molecule has 0 saturated carbocycles. The van der Waals surface area contributed by atoms with Gasteiger partial charge in [-0.1, -0.05) is 0 Å². The number of halogens is 2. The average molecular weight is 324 g/mol. The first-order chi connectivity index (χ1) is 10.9. The summed E-state index contributed by atoms with van der Waals surface area (Å²) in [7, 11) is 0. The van der Waals surface area contributed by atoms with Crippen LogP contribution in [0.5, 0.6) is 0 Å². The van der Waals surface area contributed by atoms with Gasteiger partial charge in [0.25, 0.3) is 5.91 Å². The van der Waals surface area contributed by atoms with Crippen LogP contribution in [-0.2, 0) is 4.74 Å². The highest BCUT2D eigenvalue weighted by Crippen LogP contribution is 2.21. The number of hydrogen-bond donors (Lipinski definition) is 3. The number of allylic oxidation sites excluding steroid dienone is 2. The van der Waals surface area contributed by atoms with Gasteiger partial charge in [-0.05, 0) is 24.3 Å². The molecule has 0 spiro atoms. The smallest absolute Gasteiger partial charge is 0.254 e. The molecule has 1 aromatic rings. The van der Waals surface area contributed by atoms with Crippen molar-refractivity contribution in [3.8, 4) is 0 Å². The highest BCUT2D eigenvalue weighted by molar-refractivity contribution is 5.95. The van der Waals surface area contributed by atoms with Crippen molar-refractivity contribution < 1.29 is 18.3 Å². The van der Waals surface area contributed by atoms with Crippen LogP contribution in [0.1, 0.15) is 15.9 Å². The van der Waals surface area contributed by atoms with Crippen molar-refractivity contribution in [1.29, 1.82) is 0 Å². The third-order valence-electron chi connectivity index (χ3n) is 3.34. The first kappa shape index (κ1) is 16.8. The molecule has 124 valence electrons. The lowest BCUT2D eigenvalue weighted by molar-refractivity contribution is 0.0302. The van der Waals surface area contributed by atoms with E-state index in [-0.39, 0.29) is 22.6 Å². The fourth-order valence-corrected chi connectivity index (χ4v) is 2.15. The predicted molar refractivity (Wildman–Crippen MR) is 81.7 cm³/mol. The van der Waals surface area contributed by atoms with Crippen LogP contribution in [0.4, 0.5) is 8.78 Å². The number of benzene rings is 1. The summed E-state index contributed by atoms with van der Waals surface area (Å²) in [6.45, 7) is 1.60. The van der Waals surface area contributed by atoms with E-state index in [0.29, 0.717) is 26.3 Å². The minimum Gasteiger partial charge on any atom is -0.398 e. The monoisotopic (exact) mass is 324 g/mol. The van der Waals surface area contributed by atoms with Crippen molar-refractivity contribution in [2.45, 2.75) is 0 Å². The summed E-state index contributed by atoms with van der Waals surface area (Å²) in [4.78, 5) is 13.9. The number of ether oxygens (including phenoxy) is 1. The fraction of sp³-hybridized carbons (Fsp3) is 0.267. The van der Waals surface area contributed by atoms with Gasteiger partial charge in [0.05, 0.1) is 19.0 Å². The number of carbonyl (C=O) groups is 1. The predicted octanol–water partition coefficient (Wildman–Crippen LogP) is 0.496. The third-order valence-corrected chi connectivity index (χ3v) is 3.34. The first-order valence-corrected chi connectivity index (χ1v) is 6.95. The van der Waals surface area contributed by atoms with Gasteiger partial charge in [-0.15, -0.1) is 0 Å². The standard InChI is InChI=1S/C15H18F2N4O2/c16-11-8-9(15(22)21-3-5-23-6-4-21)7-10(14(11)17)12(18)1-2-13(19)20/h1-2,7-8H,3-6,18-20H2/b12-1-. The normalized spacial score (nSPS) is 15.4. The van der Waals surface area contributed by atoms with Crippen molar-refractivity contribution in [2.75, 3.05) is 26.3 Å². The van der Waals surface area contributed by atoms with Gasteiger partial charge in [0, 0.05) is 29.9 Å². The molecule has 0 atom stereocenters. The Balaban J connectivity index is 2.37. The quantitative estimate of drug-likeness (QED) is 0.702. The van der Waals surface area contributed by atoms with Crippen LogP contribution >= 0.6 is 0 Å². The summed E-state index contributed by atoms with van der Waals surface area (Å²) in [6, 6.07) is 2.07. The van der Waals surface area contributed by atoms with E-state index in [1.807, 2.05) is 0 Å². The maximum absolute atomic E-state index is 13.9. The second kappa shape index (κ2) is 7.10. The Labute approximate surface area is 132 Å². The van der Waals surface area contributed by atoms with Crippen molar-refractivity contribution >= 4 is 11.6 Å². The van der Waals surface area contributed by atoms with Gasteiger partial charge in [0.2, 0.25) is 0 Å². The third kappa shape index (κ3) is 3.98. The van der Waals surface area contributed by atoms with Gasteiger partial charge in [0.15, 0.2) is 11.6 Å². The second-order valence-electron chi connectivity index (χ2n) is 5.01. The lowest BCUT2D eigenvalue weighted by atomic mass is 10.1. The summed E-state index contributed by atoms with van der Waals surface area (Å²) in [5.41, 5.74) is 15.9. The zero-order chi connectivity index (χ0) is 17.0. The van der Waals surface area contributed by atoms with E-state index in [1.54, 1.807) is 0 Å². The van der Waals surface area contributed by atoms with Crippen molar-refractivity contribution in [1.82, 2.24) is 4.90 Å². The second-order valence-corrected chi connectivity index (χ2v) is 5.01. The zero-order valence-electron chi connectivity index (χ0n) is 12.4. The highest BCUT2D eigenvalue weighted by Gasteiger charge is 2.22. The van der Waals surface area contributed by atoms with Gasteiger partial charge in [-0.25, -0.2) is 8.78 Å². The molecule has 1 aliphatic rings. The molecule has 1 aliphatic heterocycles. The topological polar surface area (TPSA) is 108 Å². The van der Waals surface area contributed by atoms with Crippen LogP contribution < -0.4 is 17.2 Å².